The number of carbonyl (C=O) groups is 1. The second kappa shape index (κ2) is 7.21. The van der Waals surface area contributed by atoms with Gasteiger partial charge >= 0.3 is 6.09 Å². The Kier molecular flexibility index (Phi) is 4.45. The fourth-order valence-corrected chi connectivity index (χ4v) is 2.75. The van der Waals surface area contributed by atoms with Crippen LogP contribution in [0.25, 0.3) is 22.4 Å². The summed E-state index contributed by atoms with van der Waals surface area (Å²) in [6.45, 7) is 0. The summed E-state index contributed by atoms with van der Waals surface area (Å²) < 4.78 is 10.8. The van der Waals surface area contributed by atoms with E-state index in [1.165, 1.54) is 7.11 Å². The lowest BCUT2D eigenvalue weighted by Crippen LogP contribution is -2.17. The van der Waals surface area contributed by atoms with Crippen LogP contribution in [-0.2, 0) is 0 Å². The molecule has 0 fully saturated rings. The van der Waals surface area contributed by atoms with E-state index in [-0.39, 0.29) is 0 Å². The molecule has 1 aromatic heterocycles. The van der Waals surface area contributed by atoms with Crippen molar-refractivity contribution in [3.8, 4) is 22.9 Å². The molecule has 0 saturated carbocycles. The lowest BCUT2D eigenvalue weighted by molar-refractivity contribution is 0.213. The number of nitrogens with zero attached hydrogens (tertiary/aromatic N) is 1. The zero-order valence-corrected chi connectivity index (χ0v) is 14.6. The Hall–Kier alpha value is -3.80. The minimum Gasteiger partial charge on any atom is -0.493 e. The number of H-pyrrole nitrogens is 1. The number of carbonyl (C=O) groups excluding carboxylic acids is 1. The quantitative estimate of drug-likeness (QED) is 0.546. The number of rotatable bonds is 4. The first kappa shape index (κ1) is 16.7. The van der Waals surface area contributed by atoms with Crippen LogP contribution in [0.15, 0.2) is 72.8 Å². The predicted octanol–water partition coefficient (Wildman–Crippen LogP) is 4.85. The normalized spacial score (nSPS) is 10.6. The maximum absolute atomic E-state index is 12.1. The third-order valence-electron chi connectivity index (χ3n) is 4.05. The molecule has 0 saturated heterocycles. The van der Waals surface area contributed by atoms with E-state index in [4.69, 9.17) is 9.47 Å². The van der Waals surface area contributed by atoms with E-state index >= 15 is 0 Å². The molecule has 0 atom stereocenters. The number of benzene rings is 3. The highest BCUT2D eigenvalue weighted by atomic mass is 16.6. The fraction of sp³-hybridized carbons (Fsp3) is 0.0476. The summed E-state index contributed by atoms with van der Waals surface area (Å²) >= 11 is 0. The largest absolute Gasteiger partial charge is 0.493 e. The Morgan fingerprint density at radius 3 is 2.52 bits per heavy atom. The molecule has 134 valence electrons. The van der Waals surface area contributed by atoms with E-state index in [0.29, 0.717) is 17.2 Å². The van der Waals surface area contributed by atoms with Crippen LogP contribution in [0, 0.1) is 0 Å². The summed E-state index contributed by atoms with van der Waals surface area (Å²) in [6.07, 6.45) is -0.587. The average Bonchev–Trinajstić information content (AvgIpc) is 3.13. The number of nitrogens with one attached hydrogen (secondary N) is 2. The molecule has 1 amide bonds. The van der Waals surface area contributed by atoms with Crippen molar-refractivity contribution in [2.45, 2.75) is 0 Å². The number of hydrogen-bond acceptors (Lipinski definition) is 4. The van der Waals surface area contributed by atoms with Gasteiger partial charge < -0.3 is 14.5 Å². The molecule has 2 N–H and O–H groups in total. The van der Waals surface area contributed by atoms with Gasteiger partial charge in [0.15, 0.2) is 11.5 Å². The summed E-state index contributed by atoms with van der Waals surface area (Å²) in [5.74, 6) is 1.48. The lowest BCUT2D eigenvalue weighted by Gasteiger charge is -2.11. The highest BCUT2D eigenvalue weighted by molar-refractivity contribution is 5.87. The maximum atomic E-state index is 12.1. The highest BCUT2D eigenvalue weighted by Crippen LogP contribution is 2.32. The Morgan fingerprint density at radius 2 is 1.74 bits per heavy atom. The summed E-state index contributed by atoms with van der Waals surface area (Å²) in [6, 6.07) is 22.2. The Morgan fingerprint density at radius 1 is 0.963 bits per heavy atom. The van der Waals surface area contributed by atoms with Crippen LogP contribution in [0.4, 0.5) is 10.5 Å². The Balaban J connectivity index is 1.57. The standard InChI is InChI=1S/C21H17N3O3/c1-26-19-13-14(20-23-16-9-5-6-10-17(16)24-20)11-12-18(19)27-21(25)22-15-7-3-2-4-8-15/h2-13H,1H3,(H,22,25)(H,23,24). The number of imidazole rings is 1. The molecule has 0 bridgehead atoms. The summed E-state index contributed by atoms with van der Waals surface area (Å²) in [5.41, 5.74) is 3.32. The number of fused-ring (bicyclic) bond motifs is 1. The number of methoxy groups -OCH3 is 1. The molecule has 1 heterocycles. The molecule has 4 rings (SSSR count). The SMILES string of the molecule is COc1cc(-c2nc3ccccc3[nH]2)ccc1OC(=O)Nc1ccccc1. The average molecular weight is 359 g/mol. The number of ether oxygens (including phenoxy) is 2. The smallest absolute Gasteiger partial charge is 0.417 e. The first-order valence-electron chi connectivity index (χ1n) is 8.40. The zero-order chi connectivity index (χ0) is 18.6. The molecule has 27 heavy (non-hydrogen) atoms. The molecule has 4 aromatic rings. The molecule has 0 radical (unpaired) electrons. The first-order chi connectivity index (χ1) is 13.2. The Bertz CT molecular complexity index is 1060. The van der Waals surface area contributed by atoms with E-state index in [2.05, 4.69) is 15.3 Å². The minimum atomic E-state index is -0.587. The molecule has 6 heteroatoms. The first-order valence-corrected chi connectivity index (χ1v) is 8.40. The molecule has 6 nitrogen and oxygen atoms in total. The van der Waals surface area contributed by atoms with Crippen molar-refractivity contribution in [2.75, 3.05) is 12.4 Å². The second-order valence-corrected chi connectivity index (χ2v) is 5.85. The second-order valence-electron chi connectivity index (χ2n) is 5.85. The van der Waals surface area contributed by atoms with Gasteiger partial charge in [-0.2, -0.15) is 0 Å². The van der Waals surface area contributed by atoms with Crippen LogP contribution in [0.5, 0.6) is 11.5 Å². The van der Waals surface area contributed by atoms with Gasteiger partial charge in [0.05, 0.1) is 18.1 Å². The van der Waals surface area contributed by atoms with Gasteiger partial charge in [0.1, 0.15) is 5.82 Å². The van der Waals surface area contributed by atoms with Crippen molar-refractivity contribution >= 4 is 22.8 Å². The third-order valence-corrected chi connectivity index (χ3v) is 4.05. The van der Waals surface area contributed by atoms with Crippen molar-refractivity contribution in [3.63, 3.8) is 0 Å². The van der Waals surface area contributed by atoms with E-state index in [1.807, 2.05) is 48.5 Å². The van der Waals surface area contributed by atoms with Crippen LogP contribution in [0.2, 0.25) is 0 Å². The summed E-state index contributed by atoms with van der Waals surface area (Å²) in [7, 11) is 1.53. The van der Waals surface area contributed by atoms with E-state index in [9.17, 15) is 4.79 Å². The number of anilines is 1. The van der Waals surface area contributed by atoms with Gasteiger partial charge in [-0.25, -0.2) is 9.78 Å². The zero-order valence-electron chi connectivity index (χ0n) is 14.6. The van der Waals surface area contributed by atoms with Crippen LogP contribution in [0.3, 0.4) is 0 Å². The van der Waals surface area contributed by atoms with Gasteiger partial charge in [-0.1, -0.05) is 30.3 Å². The van der Waals surface area contributed by atoms with E-state index in [0.717, 1.165) is 22.4 Å². The topological polar surface area (TPSA) is 76.2 Å². The maximum Gasteiger partial charge on any atom is 0.417 e. The highest BCUT2D eigenvalue weighted by Gasteiger charge is 2.13. The van der Waals surface area contributed by atoms with Crippen LogP contribution >= 0.6 is 0 Å². The van der Waals surface area contributed by atoms with Crippen molar-refractivity contribution < 1.29 is 14.3 Å². The van der Waals surface area contributed by atoms with Crippen LogP contribution in [0.1, 0.15) is 0 Å². The van der Waals surface area contributed by atoms with Gasteiger partial charge in [0.25, 0.3) is 0 Å². The number of hydrogen-bond donors (Lipinski definition) is 2. The van der Waals surface area contributed by atoms with E-state index < -0.39 is 6.09 Å². The van der Waals surface area contributed by atoms with Crippen molar-refractivity contribution in [2.24, 2.45) is 0 Å². The van der Waals surface area contributed by atoms with Crippen LogP contribution < -0.4 is 14.8 Å². The molecule has 0 aliphatic heterocycles. The van der Waals surface area contributed by atoms with Crippen LogP contribution in [-0.4, -0.2) is 23.2 Å². The number of para-hydroxylation sites is 3. The molecular weight excluding hydrogens is 342 g/mol. The predicted molar refractivity (Wildman–Crippen MR) is 104 cm³/mol. The van der Waals surface area contributed by atoms with Gasteiger partial charge in [0.2, 0.25) is 0 Å². The molecular formula is C21H17N3O3. The Labute approximate surface area is 155 Å². The fourth-order valence-electron chi connectivity index (χ4n) is 2.75. The van der Waals surface area contributed by atoms with Crippen molar-refractivity contribution in [1.82, 2.24) is 9.97 Å². The minimum absolute atomic E-state index is 0.325. The molecule has 0 unspecified atom stereocenters. The number of aromatic nitrogens is 2. The summed E-state index contributed by atoms with van der Waals surface area (Å²) in [4.78, 5) is 20.0. The number of aromatic amines is 1. The summed E-state index contributed by atoms with van der Waals surface area (Å²) in [5, 5.41) is 2.67. The monoisotopic (exact) mass is 359 g/mol. The van der Waals surface area contributed by atoms with Crippen molar-refractivity contribution in [1.29, 1.82) is 0 Å². The van der Waals surface area contributed by atoms with E-state index in [1.54, 1.807) is 24.3 Å². The van der Waals surface area contributed by atoms with Gasteiger partial charge in [-0.05, 0) is 42.5 Å². The molecule has 0 aliphatic rings. The number of amides is 1. The molecule has 0 aliphatic carbocycles. The molecule has 3 aromatic carbocycles. The van der Waals surface area contributed by atoms with Gasteiger partial charge in [-0.3, -0.25) is 5.32 Å². The van der Waals surface area contributed by atoms with Gasteiger partial charge in [-0.15, -0.1) is 0 Å². The lowest BCUT2D eigenvalue weighted by atomic mass is 10.2. The van der Waals surface area contributed by atoms with Crippen molar-refractivity contribution in [3.05, 3.63) is 72.8 Å². The van der Waals surface area contributed by atoms with Gasteiger partial charge in [0, 0.05) is 11.3 Å². The molecule has 0 spiro atoms. The third kappa shape index (κ3) is 3.59.